The van der Waals surface area contributed by atoms with E-state index in [0.717, 1.165) is 32.1 Å². The van der Waals surface area contributed by atoms with Gasteiger partial charge in [0.2, 0.25) is 12.0 Å². The van der Waals surface area contributed by atoms with Crippen molar-refractivity contribution >= 4 is 11.8 Å². The zero-order valence-electron chi connectivity index (χ0n) is 20.8. The van der Waals surface area contributed by atoms with Gasteiger partial charge < -0.3 is 24.4 Å². The Hall–Kier alpha value is -3.13. The van der Waals surface area contributed by atoms with E-state index >= 15 is 0 Å². The Morgan fingerprint density at radius 2 is 1.81 bits per heavy atom. The van der Waals surface area contributed by atoms with Crippen molar-refractivity contribution in [3.05, 3.63) is 59.9 Å². The van der Waals surface area contributed by atoms with E-state index in [9.17, 15) is 14.0 Å². The summed E-state index contributed by atoms with van der Waals surface area (Å²) in [6, 6.07) is 12.1. The summed E-state index contributed by atoms with van der Waals surface area (Å²) in [5.41, 5.74) is 0.548. The minimum Gasteiger partial charge on any atom is -0.485 e. The fraction of sp³-hybridized carbons (Fsp3) is 0.500. The highest BCUT2D eigenvalue weighted by molar-refractivity contribution is 5.91. The average Bonchev–Trinajstić information content (AvgIpc) is 2.91. The molecule has 7 nitrogen and oxygen atoms in total. The molecular weight excluding hydrogens is 463 g/mol. The lowest BCUT2D eigenvalue weighted by Crippen LogP contribution is -2.52. The molecule has 0 spiro atoms. The number of rotatable bonds is 10. The number of carbonyl (C=O) groups is 2. The predicted octanol–water partition coefficient (Wildman–Crippen LogP) is 4.41. The van der Waals surface area contributed by atoms with Crippen molar-refractivity contribution in [2.24, 2.45) is 0 Å². The van der Waals surface area contributed by atoms with Gasteiger partial charge in [0.1, 0.15) is 18.5 Å². The maximum Gasteiger partial charge on any atom is 0.268 e. The second-order valence-corrected chi connectivity index (χ2v) is 9.24. The first-order valence-electron chi connectivity index (χ1n) is 12.9. The van der Waals surface area contributed by atoms with E-state index in [1.165, 1.54) is 17.0 Å². The first kappa shape index (κ1) is 25.9. The molecule has 36 heavy (non-hydrogen) atoms. The number of nitrogens with zero attached hydrogens (tertiary/aromatic N) is 1. The van der Waals surface area contributed by atoms with Crippen molar-refractivity contribution in [2.45, 2.75) is 63.6 Å². The molecule has 1 heterocycles. The molecule has 1 aliphatic carbocycles. The smallest absolute Gasteiger partial charge is 0.268 e. The number of para-hydroxylation sites is 2. The number of fused-ring (bicyclic) bond motifs is 1. The fourth-order valence-corrected chi connectivity index (χ4v) is 4.82. The van der Waals surface area contributed by atoms with Crippen molar-refractivity contribution in [3.8, 4) is 11.5 Å². The molecule has 4 rings (SSSR count). The Morgan fingerprint density at radius 3 is 2.53 bits per heavy atom. The number of benzene rings is 2. The maximum atomic E-state index is 13.9. The summed E-state index contributed by atoms with van der Waals surface area (Å²) in [5.74, 6) is 0.0421. The summed E-state index contributed by atoms with van der Waals surface area (Å²) in [5, 5.41) is 3.16. The van der Waals surface area contributed by atoms with Gasteiger partial charge in [-0.05, 0) is 56.0 Å². The highest BCUT2D eigenvalue weighted by atomic mass is 19.1. The van der Waals surface area contributed by atoms with Crippen molar-refractivity contribution < 1.29 is 28.2 Å². The van der Waals surface area contributed by atoms with E-state index in [4.69, 9.17) is 14.2 Å². The summed E-state index contributed by atoms with van der Waals surface area (Å²) >= 11 is 0. The first-order valence-corrected chi connectivity index (χ1v) is 12.9. The second kappa shape index (κ2) is 12.7. The van der Waals surface area contributed by atoms with Crippen LogP contribution in [0.25, 0.3) is 0 Å². The molecule has 2 amide bonds. The normalized spacial score (nSPS) is 18.3. The molecule has 1 N–H and O–H groups in total. The molecule has 0 radical (unpaired) electrons. The van der Waals surface area contributed by atoms with Gasteiger partial charge in [0.05, 0.1) is 0 Å². The van der Waals surface area contributed by atoms with Crippen LogP contribution in [0.1, 0.15) is 57.1 Å². The number of carbonyl (C=O) groups excluding carboxylic acids is 2. The monoisotopic (exact) mass is 498 g/mol. The molecule has 8 heteroatoms. The molecule has 1 fully saturated rings. The molecule has 0 unspecified atom stereocenters. The third-order valence-corrected chi connectivity index (χ3v) is 6.66. The van der Waals surface area contributed by atoms with Crippen molar-refractivity contribution in [1.29, 1.82) is 0 Å². The van der Waals surface area contributed by atoms with Gasteiger partial charge in [0.15, 0.2) is 11.5 Å². The highest BCUT2D eigenvalue weighted by Gasteiger charge is 2.38. The van der Waals surface area contributed by atoms with E-state index in [-0.39, 0.29) is 31.0 Å². The van der Waals surface area contributed by atoms with Gasteiger partial charge in [-0.2, -0.15) is 0 Å². The molecular formula is C28H35FN2O5. The third-order valence-electron chi connectivity index (χ3n) is 6.66. The molecule has 0 bridgehead atoms. The van der Waals surface area contributed by atoms with Crippen molar-refractivity contribution in [3.63, 3.8) is 0 Å². The van der Waals surface area contributed by atoms with E-state index in [1.807, 2.05) is 19.1 Å². The Labute approximate surface area is 211 Å². The predicted molar refractivity (Wildman–Crippen MR) is 133 cm³/mol. The van der Waals surface area contributed by atoms with E-state index in [1.54, 1.807) is 24.3 Å². The average molecular weight is 499 g/mol. The number of hydrogen-bond acceptors (Lipinski definition) is 5. The molecule has 1 aliphatic heterocycles. The van der Waals surface area contributed by atoms with Gasteiger partial charge in [-0.25, -0.2) is 4.39 Å². The van der Waals surface area contributed by atoms with Crippen LogP contribution >= 0.6 is 0 Å². The van der Waals surface area contributed by atoms with E-state index < -0.39 is 18.0 Å². The van der Waals surface area contributed by atoms with Crippen LogP contribution in [0.5, 0.6) is 11.5 Å². The largest absolute Gasteiger partial charge is 0.485 e. The second-order valence-electron chi connectivity index (χ2n) is 9.24. The van der Waals surface area contributed by atoms with Crippen LogP contribution in [0.3, 0.4) is 0 Å². The Morgan fingerprint density at radius 1 is 1.08 bits per heavy atom. The van der Waals surface area contributed by atoms with Crippen LogP contribution in [-0.2, 0) is 14.3 Å². The number of halogens is 1. The van der Waals surface area contributed by atoms with Crippen LogP contribution < -0.4 is 14.8 Å². The van der Waals surface area contributed by atoms with E-state index in [2.05, 4.69) is 5.32 Å². The van der Waals surface area contributed by atoms with Gasteiger partial charge in [0, 0.05) is 25.8 Å². The minimum atomic E-state index is -0.928. The molecule has 2 aliphatic rings. The van der Waals surface area contributed by atoms with Crippen LogP contribution in [0, 0.1) is 5.82 Å². The summed E-state index contributed by atoms with van der Waals surface area (Å²) in [7, 11) is 0. The number of nitrogens with one attached hydrogen (secondary N) is 1. The minimum absolute atomic E-state index is 0.0399. The van der Waals surface area contributed by atoms with Gasteiger partial charge >= 0.3 is 0 Å². The van der Waals surface area contributed by atoms with Crippen LogP contribution in [0.2, 0.25) is 0 Å². The summed E-state index contributed by atoms with van der Waals surface area (Å²) in [4.78, 5) is 29.1. The molecule has 1 saturated carbocycles. The SMILES string of the molecule is CCOCCCN(C(=O)[C@@H]1COc2ccccc2O1)[C@H](C(=O)NC1CCCCC1)c1ccc(F)cc1. The third kappa shape index (κ3) is 6.55. The number of hydrogen-bond donors (Lipinski definition) is 1. The van der Waals surface area contributed by atoms with Crippen molar-refractivity contribution in [2.75, 3.05) is 26.4 Å². The molecule has 2 aromatic rings. The van der Waals surface area contributed by atoms with Gasteiger partial charge in [-0.1, -0.05) is 43.5 Å². The summed E-state index contributed by atoms with van der Waals surface area (Å²) in [6.07, 6.45) is 4.75. The molecule has 194 valence electrons. The first-order chi connectivity index (χ1) is 17.6. The number of ether oxygens (including phenoxy) is 3. The fourth-order valence-electron chi connectivity index (χ4n) is 4.82. The molecule has 0 saturated heterocycles. The topological polar surface area (TPSA) is 77.1 Å². The lowest BCUT2D eigenvalue weighted by molar-refractivity contribution is -0.149. The van der Waals surface area contributed by atoms with Gasteiger partial charge in [-0.3, -0.25) is 9.59 Å². The molecule has 2 aromatic carbocycles. The van der Waals surface area contributed by atoms with Crippen LogP contribution in [0.4, 0.5) is 4.39 Å². The quantitative estimate of drug-likeness (QED) is 0.491. The van der Waals surface area contributed by atoms with Gasteiger partial charge in [0.25, 0.3) is 5.91 Å². The Bertz CT molecular complexity index is 1010. The van der Waals surface area contributed by atoms with E-state index in [0.29, 0.717) is 36.7 Å². The lowest BCUT2D eigenvalue weighted by atomic mass is 9.94. The summed E-state index contributed by atoms with van der Waals surface area (Å²) in [6.45, 7) is 3.24. The maximum absolute atomic E-state index is 13.9. The Balaban J connectivity index is 1.61. The zero-order chi connectivity index (χ0) is 25.3. The number of amides is 2. The summed E-state index contributed by atoms with van der Waals surface area (Å²) < 4.78 is 31.0. The van der Waals surface area contributed by atoms with Crippen molar-refractivity contribution in [1.82, 2.24) is 10.2 Å². The van der Waals surface area contributed by atoms with Gasteiger partial charge in [-0.15, -0.1) is 0 Å². The van der Waals surface area contributed by atoms with Crippen LogP contribution in [0.15, 0.2) is 48.5 Å². The standard InChI is InChI=1S/C28H35FN2O5/c1-2-34-18-8-17-31(28(33)25-19-35-23-11-6-7-12-24(23)36-25)26(20-13-15-21(29)16-14-20)27(32)30-22-9-4-3-5-10-22/h6-7,11-16,22,25-26H,2-5,8-10,17-19H2,1H3,(H,30,32)/t25-,26-/m0/s1. The molecule has 0 aromatic heterocycles. The highest BCUT2D eigenvalue weighted by Crippen LogP contribution is 2.33. The Kier molecular flexibility index (Phi) is 9.17. The zero-order valence-corrected chi connectivity index (χ0v) is 20.8. The van der Waals surface area contributed by atoms with Crippen LogP contribution in [-0.4, -0.2) is 55.2 Å². The lowest BCUT2D eigenvalue weighted by Gasteiger charge is -2.36. The molecule has 2 atom stereocenters.